The highest BCUT2D eigenvalue weighted by Crippen LogP contribution is 2.34. The lowest BCUT2D eigenvalue weighted by molar-refractivity contribution is 0.0681. The monoisotopic (exact) mass is 355 g/mol. The summed E-state index contributed by atoms with van der Waals surface area (Å²) < 4.78 is 1.53. The van der Waals surface area contributed by atoms with Crippen LogP contribution in [0.15, 0.2) is 31.1 Å². The number of fused-ring (bicyclic) bond motifs is 3. The molecule has 0 unspecified atom stereocenters. The maximum absolute atomic E-state index is 11.8. The largest absolute Gasteiger partial charge is 0.477 e. The molecule has 2 aromatic rings. The average Bonchev–Trinajstić information content (AvgIpc) is 3.02. The molecular weight excluding hydrogens is 334 g/mol. The lowest BCUT2D eigenvalue weighted by Gasteiger charge is -2.14. The maximum atomic E-state index is 11.8. The summed E-state index contributed by atoms with van der Waals surface area (Å²) in [6.45, 7) is 4.76. The molecule has 0 aromatic carbocycles. The van der Waals surface area contributed by atoms with Crippen molar-refractivity contribution in [3.63, 3.8) is 0 Å². The fraction of sp³-hybridized carbons (Fsp3) is 0.333. The highest BCUT2D eigenvalue weighted by Gasteiger charge is 2.27. The van der Waals surface area contributed by atoms with Crippen LogP contribution in [0.3, 0.4) is 0 Å². The van der Waals surface area contributed by atoms with E-state index in [-0.39, 0.29) is 11.7 Å². The number of carbonyl (C=O) groups is 2. The molecule has 2 heterocycles. The van der Waals surface area contributed by atoms with Crippen LogP contribution in [-0.4, -0.2) is 45.0 Å². The number of hydrogen-bond acceptors (Lipinski definition) is 4. The van der Waals surface area contributed by atoms with Crippen LogP contribution in [-0.2, 0) is 19.4 Å². The van der Waals surface area contributed by atoms with Gasteiger partial charge in [0.05, 0.1) is 5.69 Å². The van der Waals surface area contributed by atoms with E-state index in [2.05, 4.69) is 27.3 Å². The third-order valence-electron chi connectivity index (χ3n) is 4.30. The summed E-state index contributed by atoms with van der Waals surface area (Å²) in [5.41, 5.74) is 3.76. The number of carbonyl (C=O) groups excluding carboxylic acids is 1. The van der Waals surface area contributed by atoms with E-state index in [1.807, 2.05) is 12.3 Å². The number of carboxylic acids is 1. The van der Waals surface area contributed by atoms with Gasteiger partial charge in [-0.25, -0.2) is 9.59 Å². The van der Waals surface area contributed by atoms with Gasteiger partial charge in [0.25, 0.3) is 0 Å². The first kappa shape index (κ1) is 17.7. The summed E-state index contributed by atoms with van der Waals surface area (Å²) in [7, 11) is 0. The molecule has 0 spiro atoms. The number of rotatable bonds is 7. The number of carboxylic acid groups (broad SMARTS) is 1. The molecule has 136 valence electrons. The van der Waals surface area contributed by atoms with Gasteiger partial charge in [0.1, 0.15) is 5.69 Å². The zero-order valence-electron chi connectivity index (χ0n) is 14.4. The van der Waals surface area contributed by atoms with Crippen LogP contribution in [0.5, 0.6) is 0 Å². The molecule has 0 radical (unpaired) electrons. The van der Waals surface area contributed by atoms with Crippen LogP contribution >= 0.6 is 0 Å². The van der Waals surface area contributed by atoms with E-state index in [4.69, 9.17) is 0 Å². The number of urea groups is 1. The minimum absolute atomic E-state index is 0.235. The third-order valence-corrected chi connectivity index (χ3v) is 4.30. The highest BCUT2D eigenvalue weighted by atomic mass is 16.4. The number of aromatic carboxylic acids is 1. The van der Waals surface area contributed by atoms with Crippen LogP contribution in [0.25, 0.3) is 11.3 Å². The molecule has 0 fully saturated rings. The zero-order chi connectivity index (χ0) is 18.5. The molecule has 2 amide bonds. The van der Waals surface area contributed by atoms with Crippen molar-refractivity contribution < 1.29 is 14.7 Å². The lowest BCUT2D eigenvalue weighted by atomic mass is 9.90. The van der Waals surface area contributed by atoms with E-state index in [0.29, 0.717) is 32.5 Å². The lowest BCUT2D eigenvalue weighted by Crippen LogP contribution is -2.36. The van der Waals surface area contributed by atoms with Gasteiger partial charge in [-0.1, -0.05) is 6.08 Å². The molecular formula is C18H21N5O3. The Bertz CT molecular complexity index is 843. The van der Waals surface area contributed by atoms with Crippen molar-refractivity contribution in [1.82, 2.24) is 25.4 Å². The van der Waals surface area contributed by atoms with Gasteiger partial charge in [0.15, 0.2) is 0 Å². The Kier molecular flexibility index (Phi) is 5.31. The van der Waals surface area contributed by atoms with E-state index in [1.54, 1.807) is 12.3 Å². The van der Waals surface area contributed by atoms with Crippen LogP contribution in [0.1, 0.15) is 28.0 Å². The molecule has 0 bridgehead atoms. The van der Waals surface area contributed by atoms with Crippen LogP contribution in [0.2, 0.25) is 0 Å². The van der Waals surface area contributed by atoms with Crippen molar-refractivity contribution in [1.29, 1.82) is 0 Å². The van der Waals surface area contributed by atoms with Crippen molar-refractivity contribution in [3.8, 4) is 11.3 Å². The zero-order valence-corrected chi connectivity index (χ0v) is 14.4. The molecule has 0 aliphatic heterocycles. The van der Waals surface area contributed by atoms with Gasteiger partial charge in [0.2, 0.25) is 0 Å². The Morgan fingerprint density at radius 3 is 2.96 bits per heavy atom. The number of aryl methyl sites for hydroxylation is 2. The molecule has 3 N–H and O–H groups in total. The fourth-order valence-corrected chi connectivity index (χ4v) is 3.13. The smallest absolute Gasteiger partial charge is 0.354 e. The molecule has 8 heteroatoms. The Labute approximate surface area is 150 Å². The summed E-state index contributed by atoms with van der Waals surface area (Å²) in [5.74, 6) is -0.979. The molecule has 8 nitrogen and oxygen atoms in total. The predicted molar refractivity (Wildman–Crippen MR) is 96.0 cm³/mol. The van der Waals surface area contributed by atoms with Crippen molar-refractivity contribution >= 4 is 12.0 Å². The molecule has 26 heavy (non-hydrogen) atoms. The van der Waals surface area contributed by atoms with Gasteiger partial charge in [-0.05, 0) is 30.9 Å². The Morgan fingerprint density at radius 1 is 1.35 bits per heavy atom. The molecule has 3 rings (SSSR count). The number of hydrogen-bond donors (Lipinski definition) is 3. The minimum atomic E-state index is -0.979. The normalized spacial score (nSPS) is 12.0. The van der Waals surface area contributed by atoms with Crippen molar-refractivity contribution in [3.05, 3.63) is 47.9 Å². The second-order valence-corrected chi connectivity index (χ2v) is 6.02. The van der Waals surface area contributed by atoms with Crippen LogP contribution in [0, 0.1) is 0 Å². The van der Waals surface area contributed by atoms with Crippen molar-refractivity contribution in [2.75, 3.05) is 13.1 Å². The van der Waals surface area contributed by atoms with Crippen LogP contribution in [0.4, 0.5) is 4.79 Å². The number of aromatic nitrogens is 3. The van der Waals surface area contributed by atoms with Crippen molar-refractivity contribution in [2.45, 2.75) is 25.8 Å². The second kappa shape index (κ2) is 7.81. The Hall–Kier alpha value is -3.16. The number of pyridine rings is 1. The van der Waals surface area contributed by atoms with Gasteiger partial charge in [-0.3, -0.25) is 9.67 Å². The average molecular weight is 355 g/mol. The summed E-state index contributed by atoms with van der Waals surface area (Å²) >= 11 is 0. The number of nitrogens with zero attached hydrogens (tertiary/aromatic N) is 3. The number of nitrogens with one attached hydrogen (secondary N) is 2. The SMILES string of the molecule is C=CCNC(=O)NCCCn1nc2c(c1C(=O)O)CCc1cnccc1-2. The summed E-state index contributed by atoms with van der Waals surface area (Å²) in [4.78, 5) is 27.4. The van der Waals surface area contributed by atoms with Gasteiger partial charge in [0, 0.05) is 43.2 Å². The standard InChI is InChI=1S/C18H21N5O3/c1-2-7-20-18(26)21-8-3-10-23-16(17(24)25)14-5-4-12-11-19-9-6-13(12)15(14)22-23/h2,6,9,11H,1,3-5,7-8,10H2,(H,24,25)(H2,20,21,26). The second-order valence-electron chi connectivity index (χ2n) is 6.02. The van der Waals surface area contributed by atoms with E-state index in [0.717, 1.165) is 28.8 Å². The fourth-order valence-electron chi connectivity index (χ4n) is 3.13. The van der Waals surface area contributed by atoms with E-state index in [1.165, 1.54) is 4.68 Å². The van der Waals surface area contributed by atoms with E-state index >= 15 is 0 Å². The summed E-state index contributed by atoms with van der Waals surface area (Å²) in [6, 6.07) is 1.60. The molecule has 0 atom stereocenters. The first-order valence-corrected chi connectivity index (χ1v) is 8.50. The Morgan fingerprint density at radius 2 is 2.19 bits per heavy atom. The minimum Gasteiger partial charge on any atom is -0.477 e. The molecule has 2 aromatic heterocycles. The molecule has 1 aliphatic rings. The topological polar surface area (TPSA) is 109 Å². The van der Waals surface area contributed by atoms with Crippen molar-refractivity contribution in [2.24, 2.45) is 0 Å². The first-order chi connectivity index (χ1) is 12.6. The van der Waals surface area contributed by atoms with E-state index in [9.17, 15) is 14.7 Å². The predicted octanol–water partition coefficient (Wildman–Crippen LogP) is 1.62. The quantitative estimate of drug-likeness (QED) is 0.516. The van der Waals surface area contributed by atoms with Crippen LogP contribution < -0.4 is 10.6 Å². The van der Waals surface area contributed by atoms with Gasteiger partial charge < -0.3 is 15.7 Å². The Balaban J connectivity index is 1.73. The summed E-state index contributed by atoms with van der Waals surface area (Å²) in [6.07, 6.45) is 7.07. The summed E-state index contributed by atoms with van der Waals surface area (Å²) in [5, 5.41) is 19.5. The molecule has 0 saturated heterocycles. The molecule has 0 saturated carbocycles. The van der Waals surface area contributed by atoms with Gasteiger partial charge >= 0.3 is 12.0 Å². The van der Waals surface area contributed by atoms with Gasteiger partial charge in [-0.2, -0.15) is 5.10 Å². The highest BCUT2D eigenvalue weighted by molar-refractivity contribution is 5.90. The van der Waals surface area contributed by atoms with E-state index < -0.39 is 5.97 Å². The molecule has 1 aliphatic carbocycles. The number of amides is 2. The maximum Gasteiger partial charge on any atom is 0.354 e. The van der Waals surface area contributed by atoms with Gasteiger partial charge in [-0.15, -0.1) is 6.58 Å². The first-order valence-electron chi connectivity index (χ1n) is 8.50. The third kappa shape index (κ3) is 3.58.